The zero-order valence-electron chi connectivity index (χ0n) is 9.01. The highest BCUT2D eigenvalue weighted by Gasteiger charge is 2.25. The van der Waals surface area contributed by atoms with E-state index in [1.165, 1.54) is 12.1 Å². The quantitative estimate of drug-likeness (QED) is 0.792. The lowest BCUT2D eigenvalue weighted by Crippen LogP contribution is -2.17. The van der Waals surface area contributed by atoms with Crippen molar-refractivity contribution < 1.29 is 13.6 Å². The minimum Gasteiger partial charge on any atom is -0.299 e. The second kappa shape index (κ2) is 5.48. The Morgan fingerprint density at radius 3 is 2.88 bits per heavy atom. The van der Waals surface area contributed by atoms with Crippen molar-refractivity contribution >= 4 is 33.5 Å². The maximum absolute atomic E-state index is 13.7. The van der Waals surface area contributed by atoms with Crippen LogP contribution in [0.25, 0.3) is 0 Å². The molecule has 92 valence electrons. The Labute approximate surface area is 111 Å². The molecule has 0 saturated carbocycles. The molecule has 0 aliphatic carbocycles. The van der Waals surface area contributed by atoms with E-state index >= 15 is 0 Å². The van der Waals surface area contributed by atoms with Gasteiger partial charge in [0.1, 0.15) is 17.4 Å². The Hall–Kier alpha value is -0.420. The number of rotatable bonds is 3. The summed E-state index contributed by atoms with van der Waals surface area (Å²) in [6, 6.07) is 2.49. The summed E-state index contributed by atoms with van der Waals surface area (Å²) < 4.78 is 27.3. The molecule has 5 heteroatoms. The molecule has 1 unspecified atom stereocenters. The van der Waals surface area contributed by atoms with Crippen LogP contribution in [-0.4, -0.2) is 17.3 Å². The van der Waals surface area contributed by atoms with Crippen molar-refractivity contribution in [3.05, 3.63) is 33.8 Å². The molecule has 1 fully saturated rings. The summed E-state index contributed by atoms with van der Waals surface area (Å²) in [7, 11) is 0. The Kier molecular flexibility index (Phi) is 4.20. The van der Waals surface area contributed by atoms with Crippen LogP contribution in [0.5, 0.6) is 0 Å². The summed E-state index contributed by atoms with van der Waals surface area (Å²) in [6.45, 7) is 0. The van der Waals surface area contributed by atoms with Crippen LogP contribution in [0.15, 0.2) is 16.6 Å². The van der Waals surface area contributed by atoms with Gasteiger partial charge in [0.15, 0.2) is 0 Å². The van der Waals surface area contributed by atoms with Crippen LogP contribution >= 0.6 is 27.7 Å². The number of hydrogen-bond donors (Lipinski definition) is 0. The van der Waals surface area contributed by atoms with Gasteiger partial charge in [-0.05, 0) is 40.2 Å². The number of carbonyl (C=O) groups excluding carboxylic acids is 1. The molecule has 1 aliphatic rings. The zero-order chi connectivity index (χ0) is 12.4. The topological polar surface area (TPSA) is 17.1 Å². The first kappa shape index (κ1) is 13.0. The van der Waals surface area contributed by atoms with Crippen LogP contribution in [0.3, 0.4) is 0 Å². The van der Waals surface area contributed by atoms with E-state index in [9.17, 15) is 13.6 Å². The fourth-order valence-corrected chi connectivity index (χ4v) is 3.46. The number of Topliss-reactive ketones (excluding diaryl/α,β-unsaturated/α-hetero) is 1. The molecular formula is C12H11BrF2OS. The van der Waals surface area contributed by atoms with Crippen LogP contribution in [-0.2, 0) is 11.2 Å². The van der Waals surface area contributed by atoms with Gasteiger partial charge in [-0.1, -0.05) is 0 Å². The molecule has 1 aliphatic heterocycles. The summed E-state index contributed by atoms with van der Waals surface area (Å²) in [6.07, 6.45) is 0.670. The summed E-state index contributed by atoms with van der Waals surface area (Å²) in [5, 5.41) is 0. The first-order valence-electron chi connectivity index (χ1n) is 5.32. The van der Waals surface area contributed by atoms with Crippen molar-refractivity contribution in [2.24, 2.45) is 5.92 Å². The summed E-state index contributed by atoms with van der Waals surface area (Å²) in [4.78, 5) is 11.9. The first-order chi connectivity index (χ1) is 8.09. The molecule has 0 N–H and O–H groups in total. The zero-order valence-corrected chi connectivity index (χ0v) is 11.4. The van der Waals surface area contributed by atoms with Crippen molar-refractivity contribution in [1.29, 1.82) is 0 Å². The number of hydrogen-bond acceptors (Lipinski definition) is 2. The van der Waals surface area contributed by atoms with E-state index in [4.69, 9.17) is 0 Å². The van der Waals surface area contributed by atoms with Crippen molar-refractivity contribution in [3.63, 3.8) is 0 Å². The first-order valence-corrected chi connectivity index (χ1v) is 7.27. The lowest BCUT2D eigenvalue weighted by molar-refractivity contribution is -0.121. The molecule has 1 aromatic carbocycles. The Morgan fingerprint density at radius 1 is 1.47 bits per heavy atom. The van der Waals surface area contributed by atoms with Crippen molar-refractivity contribution in [3.8, 4) is 0 Å². The van der Waals surface area contributed by atoms with Gasteiger partial charge in [0, 0.05) is 23.7 Å². The summed E-state index contributed by atoms with van der Waals surface area (Å²) in [5.41, 5.74) is -0.124. The molecule has 1 heterocycles. The lowest BCUT2D eigenvalue weighted by Gasteiger charge is -2.09. The molecule has 0 spiro atoms. The molecule has 2 rings (SSSR count). The maximum atomic E-state index is 13.7. The number of halogens is 3. The number of carbonyl (C=O) groups is 1. The molecule has 0 radical (unpaired) electrons. The lowest BCUT2D eigenvalue weighted by atomic mass is 9.97. The second-order valence-electron chi connectivity index (χ2n) is 4.03. The smallest absolute Gasteiger partial charge is 0.143 e. The average Bonchev–Trinajstić information content (AvgIpc) is 2.83. The van der Waals surface area contributed by atoms with E-state index in [0.29, 0.717) is 0 Å². The van der Waals surface area contributed by atoms with Gasteiger partial charge < -0.3 is 0 Å². The van der Waals surface area contributed by atoms with E-state index < -0.39 is 11.6 Å². The minimum absolute atomic E-state index is 0.0437. The summed E-state index contributed by atoms with van der Waals surface area (Å²) in [5.74, 6) is 0.313. The third kappa shape index (κ3) is 2.88. The van der Waals surface area contributed by atoms with Gasteiger partial charge in [0.2, 0.25) is 0 Å². The number of benzene rings is 1. The largest absolute Gasteiger partial charge is 0.299 e. The van der Waals surface area contributed by atoms with Gasteiger partial charge in [0.25, 0.3) is 0 Å². The normalized spacial score (nSPS) is 19.6. The van der Waals surface area contributed by atoms with E-state index in [1.807, 2.05) is 0 Å². The number of thioether (sulfide) groups is 1. The van der Waals surface area contributed by atoms with E-state index in [-0.39, 0.29) is 28.2 Å². The van der Waals surface area contributed by atoms with Gasteiger partial charge in [-0.25, -0.2) is 8.78 Å². The molecule has 1 saturated heterocycles. The highest BCUT2D eigenvalue weighted by atomic mass is 79.9. The minimum atomic E-state index is -0.663. The third-order valence-corrected chi connectivity index (χ3v) is 4.65. The van der Waals surface area contributed by atoms with Crippen LogP contribution in [0, 0.1) is 17.6 Å². The van der Waals surface area contributed by atoms with Crippen LogP contribution < -0.4 is 0 Å². The molecule has 1 aromatic rings. The van der Waals surface area contributed by atoms with Gasteiger partial charge in [0.05, 0.1) is 4.47 Å². The van der Waals surface area contributed by atoms with E-state index in [0.717, 1.165) is 17.9 Å². The highest BCUT2D eigenvalue weighted by molar-refractivity contribution is 9.10. The predicted octanol–water partition coefficient (Wildman–Crippen LogP) is 3.59. The van der Waals surface area contributed by atoms with Crippen molar-refractivity contribution in [1.82, 2.24) is 0 Å². The molecule has 0 amide bonds. The van der Waals surface area contributed by atoms with Gasteiger partial charge in [-0.3, -0.25) is 4.79 Å². The summed E-state index contributed by atoms with van der Waals surface area (Å²) >= 11 is 4.71. The Balaban J connectivity index is 2.17. The van der Waals surface area contributed by atoms with Gasteiger partial charge in [-0.2, -0.15) is 11.8 Å². The van der Waals surface area contributed by atoms with Gasteiger partial charge in [-0.15, -0.1) is 0 Å². The van der Waals surface area contributed by atoms with Crippen molar-refractivity contribution in [2.45, 2.75) is 12.8 Å². The van der Waals surface area contributed by atoms with E-state index in [1.54, 1.807) is 11.8 Å². The average molecular weight is 321 g/mol. The molecule has 0 aromatic heterocycles. The standard InChI is InChI=1S/C12H11BrF2OS/c13-9-1-2-10(14)8(12(9)15)5-11(16)7-3-4-17-6-7/h1-2,7H,3-6H2. The SMILES string of the molecule is O=C(Cc1c(F)ccc(Br)c1F)C1CCSC1. The molecule has 0 bridgehead atoms. The molecule has 1 atom stereocenters. The Morgan fingerprint density at radius 2 is 2.24 bits per heavy atom. The van der Waals surface area contributed by atoms with E-state index in [2.05, 4.69) is 15.9 Å². The fourth-order valence-electron chi connectivity index (χ4n) is 1.84. The van der Waals surface area contributed by atoms with Crippen LogP contribution in [0.4, 0.5) is 8.78 Å². The molecule has 1 nitrogen and oxygen atoms in total. The number of ketones is 1. The van der Waals surface area contributed by atoms with Crippen LogP contribution in [0.2, 0.25) is 0 Å². The van der Waals surface area contributed by atoms with Crippen LogP contribution in [0.1, 0.15) is 12.0 Å². The molecule has 17 heavy (non-hydrogen) atoms. The fraction of sp³-hybridized carbons (Fsp3) is 0.417. The Bertz CT molecular complexity index is 444. The second-order valence-corrected chi connectivity index (χ2v) is 6.03. The van der Waals surface area contributed by atoms with Crippen molar-refractivity contribution in [2.75, 3.05) is 11.5 Å². The molecular weight excluding hydrogens is 310 g/mol. The predicted molar refractivity (Wildman–Crippen MR) is 68.2 cm³/mol. The third-order valence-electron chi connectivity index (χ3n) is 2.87. The van der Waals surface area contributed by atoms with Gasteiger partial charge >= 0.3 is 0 Å². The highest BCUT2D eigenvalue weighted by Crippen LogP contribution is 2.27. The maximum Gasteiger partial charge on any atom is 0.143 e. The monoisotopic (exact) mass is 320 g/mol.